The Labute approximate surface area is 165 Å². The SMILES string of the molecule is O=C(NCc1ccc(-n2ccnc2)nc1)c1ccccc1C(=O)c1cccs1. The number of amides is 1. The fraction of sp³-hybridized carbons (Fsp3) is 0.0476. The standard InChI is InChI=1S/C21H16N4O2S/c26-20(18-6-3-11-28-18)16-4-1-2-5-17(16)21(27)24-13-15-7-8-19(23-12-15)25-10-9-22-14-25/h1-12,14H,13H2,(H,24,27). The van der Waals surface area contributed by atoms with Crippen LogP contribution in [0.5, 0.6) is 0 Å². The van der Waals surface area contributed by atoms with Gasteiger partial charge in [-0.15, -0.1) is 11.3 Å². The molecule has 6 nitrogen and oxygen atoms in total. The van der Waals surface area contributed by atoms with Crippen molar-refractivity contribution in [2.45, 2.75) is 6.54 Å². The van der Waals surface area contributed by atoms with E-state index in [2.05, 4.69) is 15.3 Å². The molecule has 28 heavy (non-hydrogen) atoms. The Balaban J connectivity index is 1.47. The summed E-state index contributed by atoms with van der Waals surface area (Å²) in [5, 5.41) is 4.71. The van der Waals surface area contributed by atoms with E-state index in [-0.39, 0.29) is 11.7 Å². The van der Waals surface area contributed by atoms with Crippen molar-refractivity contribution in [1.29, 1.82) is 0 Å². The summed E-state index contributed by atoms with van der Waals surface area (Å²) in [7, 11) is 0. The zero-order valence-electron chi connectivity index (χ0n) is 14.8. The second-order valence-corrected chi connectivity index (χ2v) is 6.98. The molecule has 0 aliphatic heterocycles. The van der Waals surface area contributed by atoms with Gasteiger partial charge in [0.1, 0.15) is 12.1 Å². The molecule has 7 heteroatoms. The highest BCUT2D eigenvalue weighted by atomic mass is 32.1. The highest BCUT2D eigenvalue weighted by molar-refractivity contribution is 7.12. The van der Waals surface area contributed by atoms with Crippen molar-refractivity contribution in [3.63, 3.8) is 0 Å². The molecule has 0 bridgehead atoms. The predicted molar refractivity (Wildman–Crippen MR) is 107 cm³/mol. The first kappa shape index (κ1) is 17.8. The van der Waals surface area contributed by atoms with E-state index in [0.717, 1.165) is 11.4 Å². The van der Waals surface area contributed by atoms with Crippen LogP contribution >= 0.6 is 11.3 Å². The van der Waals surface area contributed by atoms with Gasteiger partial charge in [-0.25, -0.2) is 9.97 Å². The number of pyridine rings is 1. The zero-order chi connectivity index (χ0) is 19.3. The number of aromatic nitrogens is 3. The minimum atomic E-state index is -0.292. The Hall–Kier alpha value is -3.58. The number of ketones is 1. The molecule has 4 rings (SSSR count). The van der Waals surface area contributed by atoms with Gasteiger partial charge >= 0.3 is 0 Å². The summed E-state index contributed by atoms with van der Waals surface area (Å²) in [5.74, 6) is 0.311. The number of rotatable bonds is 6. The van der Waals surface area contributed by atoms with E-state index in [1.807, 2.05) is 29.8 Å². The molecular weight excluding hydrogens is 372 g/mol. The highest BCUT2D eigenvalue weighted by Crippen LogP contribution is 2.18. The first-order valence-electron chi connectivity index (χ1n) is 8.61. The van der Waals surface area contributed by atoms with E-state index in [4.69, 9.17) is 0 Å². The van der Waals surface area contributed by atoms with Crippen LogP contribution in [0.4, 0.5) is 0 Å². The van der Waals surface area contributed by atoms with Crippen molar-refractivity contribution in [3.05, 3.63) is 100 Å². The Kier molecular flexibility index (Phi) is 5.07. The van der Waals surface area contributed by atoms with Crippen molar-refractivity contribution < 1.29 is 9.59 Å². The first-order valence-corrected chi connectivity index (χ1v) is 9.49. The van der Waals surface area contributed by atoms with Gasteiger partial charge in [0.2, 0.25) is 5.78 Å². The van der Waals surface area contributed by atoms with Gasteiger partial charge in [0.25, 0.3) is 5.91 Å². The van der Waals surface area contributed by atoms with Crippen LogP contribution in [0.1, 0.15) is 31.2 Å². The van der Waals surface area contributed by atoms with Gasteiger partial charge < -0.3 is 5.32 Å². The maximum atomic E-state index is 12.7. The van der Waals surface area contributed by atoms with E-state index in [9.17, 15) is 9.59 Å². The average molecular weight is 388 g/mol. The molecule has 0 atom stereocenters. The molecule has 0 unspecified atom stereocenters. The van der Waals surface area contributed by atoms with Gasteiger partial charge in [-0.3, -0.25) is 14.2 Å². The lowest BCUT2D eigenvalue weighted by Gasteiger charge is -2.09. The van der Waals surface area contributed by atoms with Crippen LogP contribution in [0, 0.1) is 0 Å². The fourth-order valence-electron chi connectivity index (χ4n) is 2.77. The molecule has 1 aromatic carbocycles. The minimum Gasteiger partial charge on any atom is -0.348 e. The molecule has 4 aromatic rings. The number of thiophene rings is 1. The maximum Gasteiger partial charge on any atom is 0.252 e. The summed E-state index contributed by atoms with van der Waals surface area (Å²) in [6.45, 7) is 0.317. The number of benzene rings is 1. The lowest BCUT2D eigenvalue weighted by molar-refractivity contribution is 0.0940. The Morgan fingerprint density at radius 1 is 1.04 bits per heavy atom. The fourth-order valence-corrected chi connectivity index (χ4v) is 3.44. The quantitative estimate of drug-likeness (QED) is 0.513. The molecule has 0 saturated heterocycles. The molecule has 0 aliphatic carbocycles. The number of carbonyl (C=O) groups excluding carboxylic acids is 2. The molecule has 0 saturated carbocycles. The Morgan fingerprint density at radius 3 is 2.57 bits per heavy atom. The van der Waals surface area contributed by atoms with Crippen molar-refractivity contribution in [2.24, 2.45) is 0 Å². The molecular formula is C21H16N4O2S. The van der Waals surface area contributed by atoms with Crippen LogP contribution in [0.25, 0.3) is 5.82 Å². The molecule has 0 fully saturated rings. The second kappa shape index (κ2) is 7.98. The van der Waals surface area contributed by atoms with Gasteiger partial charge in [0.15, 0.2) is 0 Å². The number of imidazole rings is 1. The van der Waals surface area contributed by atoms with Crippen molar-refractivity contribution in [1.82, 2.24) is 19.9 Å². The molecule has 0 aliphatic rings. The third-order valence-electron chi connectivity index (χ3n) is 4.19. The van der Waals surface area contributed by atoms with Crippen LogP contribution in [0.15, 0.2) is 78.8 Å². The Bertz CT molecular complexity index is 1090. The van der Waals surface area contributed by atoms with E-state index in [0.29, 0.717) is 22.5 Å². The van der Waals surface area contributed by atoms with E-state index < -0.39 is 0 Å². The summed E-state index contributed by atoms with van der Waals surface area (Å²) in [4.78, 5) is 34.3. The average Bonchev–Trinajstić information content (AvgIpc) is 3.46. The summed E-state index contributed by atoms with van der Waals surface area (Å²) >= 11 is 1.36. The lowest BCUT2D eigenvalue weighted by Crippen LogP contribution is -2.25. The molecule has 1 N–H and O–H groups in total. The number of hydrogen-bond donors (Lipinski definition) is 1. The van der Waals surface area contributed by atoms with Crippen molar-refractivity contribution in [3.8, 4) is 5.82 Å². The van der Waals surface area contributed by atoms with Gasteiger partial charge in [-0.2, -0.15) is 0 Å². The summed E-state index contributed by atoms with van der Waals surface area (Å²) in [6, 6.07) is 14.2. The minimum absolute atomic E-state index is 0.146. The smallest absolute Gasteiger partial charge is 0.252 e. The molecule has 0 spiro atoms. The molecule has 138 valence electrons. The topological polar surface area (TPSA) is 76.9 Å². The van der Waals surface area contributed by atoms with E-state index >= 15 is 0 Å². The third kappa shape index (κ3) is 3.74. The third-order valence-corrected chi connectivity index (χ3v) is 5.06. The lowest BCUT2D eigenvalue weighted by atomic mass is 10.0. The number of nitrogens with zero attached hydrogens (tertiary/aromatic N) is 3. The number of hydrogen-bond acceptors (Lipinski definition) is 5. The van der Waals surface area contributed by atoms with Gasteiger partial charge in [0.05, 0.1) is 10.4 Å². The number of carbonyl (C=O) groups is 2. The second-order valence-electron chi connectivity index (χ2n) is 6.03. The van der Waals surface area contributed by atoms with E-state index in [1.165, 1.54) is 11.3 Å². The molecule has 0 radical (unpaired) electrons. The maximum absolute atomic E-state index is 12.7. The summed E-state index contributed by atoms with van der Waals surface area (Å²) in [5.41, 5.74) is 1.62. The summed E-state index contributed by atoms with van der Waals surface area (Å²) in [6.07, 6.45) is 6.87. The molecule has 3 aromatic heterocycles. The van der Waals surface area contributed by atoms with E-state index in [1.54, 1.807) is 53.6 Å². The van der Waals surface area contributed by atoms with Crippen LogP contribution < -0.4 is 5.32 Å². The van der Waals surface area contributed by atoms with Crippen LogP contribution in [0.3, 0.4) is 0 Å². The van der Waals surface area contributed by atoms with Crippen molar-refractivity contribution in [2.75, 3.05) is 0 Å². The van der Waals surface area contributed by atoms with Gasteiger partial charge in [0, 0.05) is 30.7 Å². The highest BCUT2D eigenvalue weighted by Gasteiger charge is 2.18. The predicted octanol–water partition coefficient (Wildman–Crippen LogP) is 3.49. The van der Waals surface area contributed by atoms with Gasteiger partial charge in [-0.1, -0.05) is 30.3 Å². The zero-order valence-corrected chi connectivity index (χ0v) is 15.6. The van der Waals surface area contributed by atoms with Crippen LogP contribution in [-0.2, 0) is 6.54 Å². The molecule has 3 heterocycles. The first-order chi connectivity index (χ1) is 13.7. The van der Waals surface area contributed by atoms with Crippen LogP contribution in [-0.4, -0.2) is 26.2 Å². The van der Waals surface area contributed by atoms with Crippen molar-refractivity contribution >= 4 is 23.0 Å². The Morgan fingerprint density at radius 2 is 1.89 bits per heavy atom. The van der Waals surface area contributed by atoms with Crippen LogP contribution in [0.2, 0.25) is 0 Å². The van der Waals surface area contributed by atoms with Gasteiger partial charge in [-0.05, 0) is 29.1 Å². The monoisotopic (exact) mass is 388 g/mol. The summed E-state index contributed by atoms with van der Waals surface area (Å²) < 4.78 is 1.80. The largest absolute Gasteiger partial charge is 0.348 e. The normalized spacial score (nSPS) is 10.6. The molecule has 1 amide bonds. The number of nitrogens with one attached hydrogen (secondary N) is 1.